The Bertz CT molecular complexity index is 660. The summed E-state index contributed by atoms with van der Waals surface area (Å²) in [4.78, 5) is 0. The molecule has 0 aliphatic carbocycles. The highest BCUT2D eigenvalue weighted by atomic mass is 28.3. The smallest absolute Gasteiger partial charge is 0.188 e. The molecule has 0 bridgehead atoms. The number of fused-ring (bicyclic) bond motifs is 1. The van der Waals surface area contributed by atoms with E-state index in [0.29, 0.717) is 0 Å². The summed E-state index contributed by atoms with van der Waals surface area (Å²) in [5.74, 6) is 4.15. The van der Waals surface area contributed by atoms with Crippen LogP contribution in [0, 0.1) is 11.5 Å². The summed E-state index contributed by atoms with van der Waals surface area (Å²) in [6.45, 7) is 7.02. The Morgan fingerprint density at radius 3 is 2.60 bits per heavy atom. The highest BCUT2D eigenvalue weighted by Gasteiger charge is 2.08. The highest BCUT2D eigenvalue weighted by molar-refractivity contribution is 6.83. The second-order valence-corrected chi connectivity index (χ2v) is 10.5. The Morgan fingerprint density at radius 1 is 1.10 bits per heavy atom. The van der Waals surface area contributed by atoms with Crippen molar-refractivity contribution in [1.82, 2.24) is 0 Å². The third-order valence-electron chi connectivity index (χ3n) is 2.77. The molecule has 0 atom stereocenters. The van der Waals surface area contributed by atoms with Crippen molar-refractivity contribution in [3.05, 3.63) is 42.0 Å². The van der Waals surface area contributed by atoms with Crippen molar-refractivity contribution < 1.29 is 9.47 Å². The molecule has 0 unspecified atom stereocenters. The van der Waals surface area contributed by atoms with Gasteiger partial charge in [-0.3, -0.25) is 0 Å². The molecule has 0 radical (unpaired) electrons. The molecule has 0 aromatic heterocycles. The zero-order valence-corrected chi connectivity index (χ0v) is 13.5. The van der Waals surface area contributed by atoms with Gasteiger partial charge in [0.15, 0.2) is 6.79 Å². The van der Waals surface area contributed by atoms with Gasteiger partial charge in [-0.05, 0) is 35.0 Å². The van der Waals surface area contributed by atoms with E-state index in [0.717, 1.165) is 16.7 Å². The van der Waals surface area contributed by atoms with Crippen LogP contribution in [0.2, 0.25) is 19.6 Å². The fourth-order valence-electron chi connectivity index (χ4n) is 1.84. The molecule has 2 aromatic carbocycles. The van der Waals surface area contributed by atoms with Crippen molar-refractivity contribution >= 4 is 18.8 Å². The van der Waals surface area contributed by atoms with Crippen LogP contribution in [0.25, 0.3) is 10.8 Å². The lowest BCUT2D eigenvalue weighted by Crippen LogP contribution is -2.16. The SMILES string of the molecule is COCOc1ccc2c(C#C[Si](C)(C)C)cccc2c1. The lowest BCUT2D eigenvalue weighted by atomic mass is 10.0. The molecule has 2 nitrogen and oxygen atoms in total. The van der Waals surface area contributed by atoms with Gasteiger partial charge in [0, 0.05) is 12.7 Å². The highest BCUT2D eigenvalue weighted by Crippen LogP contribution is 2.23. The molecular formula is C17H20O2Si. The number of benzene rings is 2. The molecule has 0 aliphatic rings. The fraction of sp³-hybridized carbons (Fsp3) is 0.294. The summed E-state index contributed by atoms with van der Waals surface area (Å²) >= 11 is 0. The first-order valence-electron chi connectivity index (χ1n) is 6.67. The summed E-state index contributed by atoms with van der Waals surface area (Å²) in [6, 6.07) is 12.2. The average molecular weight is 284 g/mol. The van der Waals surface area contributed by atoms with Crippen molar-refractivity contribution in [2.24, 2.45) is 0 Å². The first kappa shape index (κ1) is 14.6. The Kier molecular flexibility index (Phi) is 4.48. The van der Waals surface area contributed by atoms with Gasteiger partial charge in [0.05, 0.1) is 0 Å². The molecule has 0 spiro atoms. The lowest BCUT2D eigenvalue weighted by molar-refractivity contribution is 0.0512. The Morgan fingerprint density at radius 2 is 1.90 bits per heavy atom. The Labute approximate surface area is 121 Å². The largest absolute Gasteiger partial charge is 0.468 e. The minimum Gasteiger partial charge on any atom is -0.468 e. The van der Waals surface area contributed by atoms with Gasteiger partial charge in [-0.15, -0.1) is 5.54 Å². The van der Waals surface area contributed by atoms with Crippen LogP contribution in [0.1, 0.15) is 5.56 Å². The fourth-order valence-corrected chi connectivity index (χ4v) is 2.35. The molecule has 104 valence electrons. The summed E-state index contributed by atoms with van der Waals surface area (Å²) in [5.41, 5.74) is 4.50. The molecular weight excluding hydrogens is 264 g/mol. The van der Waals surface area contributed by atoms with E-state index in [4.69, 9.17) is 9.47 Å². The van der Waals surface area contributed by atoms with Crippen LogP contribution in [0.4, 0.5) is 0 Å². The van der Waals surface area contributed by atoms with Gasteiger partial charge in [0.1, 0.15) is 13.8 Å². The van der Waals surface area contributed by atoms with Gasteiger partial charge >= 0.3 is 0 Å². The molecule has 2 rings (SSSR count). The Balaban J connectivity index is 2.40. The minimum atomic E-state index is -1.36. The van der Waals surface area contributed by atoms with Gasteiger partial charge in [-0.2, -0.15) is 0 Å². The van der Waals surface area contributed by atoms with Gasteiger partial charge in [-0.25, -0.2) is 0 Å². The summed E-state index contributed by atoms with van der Waals surface area (Å²) in [5, 5.41) is 2.31. The van der Waals surface area contributed by atoms with Crippen LogP contribution >= 0.6 is 0 Å². The molecule has 0 heterocycles. The average Bonchev–Trinajstić information content (AvgIpc) is 2.41. The third-order valence-corrected chi connectivity index (χ3v) is 3.64. The topological polar surface area (TPSA) is 18.5 Å². The van der Waals surface area contributed by atoms with Gasteiger partial charge < -0.3 is 9.47 Å². The van der Waals surface area contributed by atoms with Crippen molar-refractivity contribution in [3.8, 4) is 17.2 Å². The van der Waals surface area contributed by atoms with Crippen LogP contribution in [0.3, 0.4) is 0 Å². The number of ether oxygens (including phenoxy) is 2. The summed E-state index contributed by atoms with van der Waals surface area (Å²) in [7, 11) is 0.258. The monoisotopic (exact) mass is 284 g/mol. The van der Waals surface area contributed by atoms with Crippen molar-refractivity contribution in [3.63, 3.8) is 0 Å². The summed E-state index contributed by atoms with van der Waals surface area (Å²) in [6.07, 6.45) is 0. The first-order valence-corrected chi connectivity index (χ1v) is 10.2. The third kappa shape index (κ3) is 3.86. The van der Waals surface area contributed by atoms with Gasteiger partial charge in [0.2, 0.25) is 0 Å². The first-order chi connectivity index (χ1) is 9.49. The zero-order chi connectivity index (χ0) is 14.6. The van der Waals surface area contributed by atoms with Crippen LogP contribution in [-0.2, 0) is 4.74 Å². The van der Waals surface area contributed by atoms with E-state index in [-0.39, 0.29) is 6.79 Å². The van der Waals surface area contributed by atoms with E-state index in [9.17, 15) is 0 Å². The Hall–Kier alpha value is -1.76. The van der Waals surface area contributed by atoms with Gasteiger partial charge in [-0.1, -0.05) is 37.7 Å². The number of hydrogen-bond acceptors (Lipinski definition) is 2. The molecule has 0 fully saturated rings. The number of rotatable bonds is 3. The van der Waals surface area contributed by atoms with E-state index in [1.807, 2.05) is 18.2 Å². The summed E-state index contributed by atoms with van der Waals surface area (Å²) < 4.78 is 10.4. The van der Waals surface area contributed by atoms with E-state index >= 15 is 0 Å². The molecule has 2 aromatic rings. The van der Waals surface area contributed by atoms with E-state index in [1.165, 1.54) is 5.39 Å². The van der Waals surface area contributed by atoms with Crippen molar-refractivity contribution in [2.75, 3.05) is 13.9 Å². The second kappa shape index (κ2) is 6.13. The molecule has 0 N–H and O–H groups in total. The maximum absolute atomic E-state index is 5.47. The molecule has 20 heavy (non-hydrogen) atoms. The maximum Gasteiger partial charge on any atom is 0.188 e. The van der Waals surface area contributed by atoms with Crippen LogP contribution < -0.4 is 4.74 Å². The molecule has 3 heteroatoms. The minimum absolute atomic E-state index is 0.265. The normalized spacial score (nSPS) is 11.0. The van der Waals surface area contributed by atoms with E-state index < -0.39 is 8.07 Å². The molecule has 0 amide bonds. The standard InChI is InChI=1S/C17H20O2Si/c1-18-13-19-16-8-9-17-14(10-11-20(2,3)4)6-5-7-15(17)12-16/h5-9,12H,13H2,1-4H3. The van der Waals surface area contributed by atoms with Gasteiger partial charge in [0.25, 0.3) is 0 Å². The predicted molar refractivity (Wildman–Crippen MR) is 86.7 cm³/mol. The van der Waals surface area contributed by atoms with Crippen LogP contribution in [-0.4, -0.2) is 22.0 Å². The van der Waals surface area contributed by atoms with Crippen molar-refractivity contribution in [1.29, 1.82) is 0 Å². The van der Waals surface area contributed by atoms with Crippen LogP contribution in [0.5, 0.6) is 5.75 Å². The molecule has 0 aliphatic heterocycles. The zero-order valence-electron chi connectivity index (χ0n) is 12.5. The maximum atomic E-state index is 5.47. The molecule has 0 saturated carbocycles. The quantitative estimate of drug-likeness (QED) is 0.481. The number of hydrogen-bond donors (Lipinski definition) is 0. The predicted octanol–water partition coefficient (Wildman–Crippen LogP) is 4.05. The second-order valence-electron chi connectivity index (χ2n) is 5.74. The van der Waals surface area contributed by atoms with E-state index in [2.05, 4.69) is 49.3 Å². The van der Waals surface area contributed by atoms with Crippen molar-refractivity contribution in [2.45, 2.75) is 19.6 Å². The number of methoxy groups -OCH3 is 1. The van der Waals surface area contributed by atoms with E-state index in [1.54, 1.807) is 7.11 Å². The lowest BCUT2D eigenvalue weighted by Gasteiger charge is -2.07. The van der Waals surface area contributed by atoms with Crippen LogP contribution in [0.15, 0.2) is 36.4 Å². The molecule has 0 saturated heterocycles.